The van der Waals surface area contributed by atoms with Crippen LogP contribution in [0, 0.1) is 17.8 Å². The molecule has 3 atom stereocenters. The Morgan fingerprint density at radius 1 is 1.42 bits per heavy atom. The van der Waals surface area contributed by atoms with E-state index in [1.165, 1.54) is 7.11 Å². The zero-order chi connectivity index (χ0) is 8.55. The Morgan fingerprint density at radius 3 is 3.00 bits per heavy atom. The second-order valence-electron chi connectivity index (χ2n) is 3.34. The Hall–Kier alpha value is -1.05. The highest BCUT2D eigenvalue weighted by atomic mass is 16.5. The Bertz CT molecular complexity index is 253. The second-order valence-corrected chi connectivity index (χ2v) is 3.34. The van der Waals surface area contributed by atoms with Crippen molar-refractivity contribution in [1.82, 2.24) is 0 Å². The maximum atomic E-state index is 11.2. The quantitative estimate of drug-likeness (QED) is 0.434. The van der Waals surface area contributed by atoms with Crippen LogP contribution in [-0.4, -0.2) is 13.1 Å². The first-order valence-corrected chi connectivity index (χ1v) is 4.26. The van der Waals surface area contributed by atoms with Gasteiger partial charge in [0.15, 0.2) is 0 Å². The van der Waals surface area contributed by atoms with E-state index >= 15 is 0 Å². The number of carbonyl (C=O) groups is 1. The van der Waals surface area contributed by atoms with Crippen molar-refractivity contribution in [2.24, 2.45) is 17.8 Å². The molecule has 0 aromatic heterocycles. The van der Waals surface area contributed by atoms with Crippen LogP contribution in [0.2, 0.25) is 0 Å². The molecule has 2 nitrogen and oxygen atoms in total. The SMILES string of the molecule is COC(=O)[C@@H]1C=C[C@H]2CC=C[C@H]21. The number of rotatable bonds is 1. The van der Waals surface area contributed by atoms with Crippen LogP contribution >= 0.6 is 0 Å². The molecule has 0 aromatic carbocycles. The van der Waals surface area contributed by atoms with Gasteiger partial charge < -0.3 is 4.74 Å². The van der Waals surface area contributed by atoms with Gasteiger partial charge in [-0.2, -0.15) is 0 Å². The molecule has 0 unspecified atom stereocenters. The molecule has 0 heterocycles. The van der Waals surface area contributed by atoms with Crippen LogP contribution < -0.4 is 0 Å². The molecule has 0 saturated carbocycles. The highest BCUT2D eigenvalue weighted by molar-refractivity contribution is 5.76. The van der Waals surface area contributed by atoms with Gasteiger partial charge in [-0.3, -0.25) is 4.79 Å². The molecule has 0 aromatic rings. The summed E-state index contributed by atoms with van der Waals surface area (Å²) < 4.78 is 4.72. The number of fused-ring (bicyclic) bond motifs is 1. The fourth-order valence-electron chi connectivity index (χ4n) is 2.05. The summed E-state index contributed by atoms with van der Waals surface area (Å²) in [4.78, 5) is 11.2. The van der Waals surface area contributed by atoms with E-state index in [0.29, 0.717) is 11.8 Å². The highest BCUT2D eigenvalue weighted by Crippen LogP contribution is 2.39. The van der Waals surface area contributed by atoms with Gasteiger partial charge in [0.25, 0.3) is 0 Å². The van der Waals surface area contributed by atoms with E-state index in [1.807, 2.05) is 6.08 Å². The standard InChI is InChI=1S/C10H12O2/c1-12-10(11)9-6-5-7-3-2-4-8(7)9/h2,4-9H,3H2,1H3/t7-,8-,9-/m1/s1. The molecule has 0 bridgehead atoms. The van der Waals surface area contributed by atoms with Gasteiger partial charge in [0.05, 0.1) is 13.0 Å². The lowest BCUT2D eigenvalue weighted by molar-refractivity contribution is -0.144. The normalized spacial score (nSPS) is 36.9. The molecule has 0 N–H and O–H groups in total. The predicted molar refractivity (Wildman–Crippen MR) is 45.4 cm³/mol. The maximum absolute atomic E-state index is 11.2. The summed E-state index contributed by atoms with van der Waals surface area (Å²) in [6.45, 7) is 0. The number of hydrogen-bond donors (Lipinski definition) is 0. The topological polar surface area (TPSA) is 26.3 Å². The molecule has 0 spiro atoms. The van der Waals surface area contributed by atoms with Crippen LogP contribution in [0.1, 0.15) is 6.42 Å². The summed E-state index contributed by atoms with van der Waals surface area (Å²) in [6, 6.07) is 0. The minimum atomic E-state index is -0.106. The molecule has 2 aliphatic rings. The number of allylic oxidation sites excluding steroid dienone is 3. The van der Waals surface area contributed by atoms with Crippen molar-refractivity contribution < 1.29 is 9.53 Å². The Balaban J connectivity index is 2.13. The van der Waals surface area contributed by atoms with Crippen molar-refractivity contribution in [3.05, 3.63) is 24.3 Å². The van der Waals surface area contributed by atoms with E-state index in [1.54, 1.807) is 0 Å². The third-order valence-corrected chi connectivity index (χ3v) is 2.71. The van der Waals surface area contributed by atoms with E-state index in [2.05, 4.69) is 18.2 Å². The summed E-state index contributed by atoms with van der Waals surface area (Å²) >= 11 is 0. The summed E-state index contributed by atoms with van der Waals surface area (Å²) in [5, 5.41) is 0. The average molecular weight is 164 g/mol. The molecule has 0 fully saturated rings. The van der Waals surface area contributed by atoms with Crippen LogP contribution in [0.15, 0.2) is 24.3 Å². The van der Waals surface area contributed by atoms with Gasteiger partial charge >= 0.3 is 5.97 Å². The first kappa shape index (κ1) is 7.59. The minimum Gasteiger partial charge on any atom is -0.469 e. The van der Waals surface area contributed by atoms with Gasteiger partial charge in [0.2, 0.25) is 0 Å². The smallest absolute Gasteiger partial charge is 0.313 e. The van der Waals surface area contributed by atoms with Crippen molar-refractivity contribution in [1.29, 1.82) is 0 Å². The van der Waals surface area contributed by atoms with Crippen LogP contribution in [-0.2, 0) is 9.53 Å². The lowest BCUT2D eigenvalue weighted by atomic mass is 9.91. The zero-order valence-electron chi connectivity index (χ0n) is 7.07. The molecule has 12 heavy (non-hydrogen) atoms. The van der Waals surface area contributed by atoms with Crippen LogP contribution in [0.3, 0.4) is 0 Å². The van der Waals surface area contributed by atoms with E-state index < -0.39 is 0 Å². The lowest BCUT2D eigenvalue weighted by Crippen LogP contribution is -2.20. The van der Waals surface area contributed by atoms with Crippen molar-refractivity contribution in [3.63, 3.8) is 0 Å². The summed E-state index contributed by atoms with van der Waals surface area (Å²) in [5.74, 6) is 0.788. The Morgan fingerprint density at radius 2 is 2.25 bits per heavy atom. The molecular formula is C10H12O2. The van der Waals surface area contributed by atoms with Crippen LogP contribution in [0.4, 0.5) is 0 Å². The van der Waals surface area contributed by atoms with Crippen LogP contribution in [0.5, 0.6) is 0 Å². The van der Waals surface area contributed by atoms with E-state index in [9.17, 15) is 4.79 Å². The van der Waals surface area contributed by atoms with Gasteiger partial charge in [-0.25, -0.2) is 0 Å². The molecule has 0 radical (unpaired) electrons. The molecule has 64 valence electrons. The number of methoxy groups -OCH3 is 1. The first-order valence-electron chi connectivity index (χ1n) is 4.26. The van der Waals surface area contributed by atoms with Gasteiger partial charge in [-0.05, 0) is 12.3 Å². The molecule has 2 rings (SSSR count). The zero-order valence-corrected chi connectivity index (χ0v) is 7.07. The van der Waals surface area contributed by atoms with Crippen molar-refractivity contribution in [2.75, 3.05) is 7.11 Å². The molecule has 0 aliphatic heterocycles. The van der Waals surface area contributed by atoms with Gasteiger partial charge in [-0.1, -0.05) is 24.3 Å². The molecule has 0 amide bonds. The Kier molecular flexibility index (Phi) is 1.75. The predicted octanol–water partition coefficient (Wildman–Crippen LogP) is 1.54. The maximum Gasteiger partial charge on any atom is 0.313 e. The largest absolute Gasteiger partial charge is 0.469 e. The van der Waals surface area contributed by atoms with Crippen molar-refractivity contribution in [2.45, 2.75) is 6.42 Å². The monoisotopic (exact) mass is 164 g/mol. The van der Waals surface area contributed by atoms with E-state index in [4.69, 9.17) is 4.74 Å². The summed E-state index contributed by atoms with van der Waals surface area (Å²) in [6.07, 6.45) is 9.46. The van der Waals surface area contributed by atoms with Crippen molar-refractivity contribution >= 4 is 5.97 Å². The van der Waals surface area contributed by atoms with E-state index in [-0.39, 0.29) is 11.9 Å². The highest BCUT2D eigenvalue weighted by Gasteiger charge is 2.36. The fraction of sp³-hybridized carbons (Fsp3) is 0.500. The van der Waals surface area contributed by atoms with E-state index in [0.717, 1.165) is 6.42 Å². The molecule has 2 aliphatic carbocycles. The number of carbonyl (C=O) groups excluding carboxylic acids is 1. The van der Waals surface area contributed by atoms with Crippen LogP contribution in [0.25, 0.3) is 0 Å². The van der Waals surface area contributed by atoms with Gasteiger partial charge in [0, 0.05) is 5.92 Å². The third-order valence-electron chi connectivity index (χ3n) is 2.71. The lowest BCUT2D eigenvalue weighted by Gasteiger charge is -2.14. The fourth-order valence-corrected chi connectivity index (χ4v) is 2.05. The summed E-state index contributed by atoms with van der Waals surface area (Å²) in [7, 11) is 1.45. The number of ether oxygens (including phenoxy) is 1. The van der Waals surface area contributed by atoms with Gasteiger partial charge in [-0.15, -0.1) is 0 Å². The first-order chi connectivity index (χ1) is 5.83. The van der Waals surface area contributed by atoms with Gasteiger partial charge in [0.1, 0.15) is 0 Å². The number of esters is 1. The minimum absolute atomic E-state index is 0.0289. The summed E-state index contributed by atoms with van der Waals surface area (Å²) in [5.41, 5.74) is 0. The second kappa shape index (κ2) is 2.77. The van der Waals surface area contributed by atoms with Crippen molar-refractivity contribution in [3.8, 4) is 0 Å². The average Bonchev–Trinajstić information content (AvgIpc) is 2.62. The number of hydrogen-bond acceptors (Lipinski definition) is 2. The molecular weight excluding hydrogens is 152 g/mol. The molecule has 0 saturated heterocycles. The third kappa shape index (κ3) is 0.986. The molecule has 2 heteroatoms. The Labute approximate surface area is 71.9 Å².